The van der Waals surface area contributed by atoms with E-state index in [-0.39, 0.29) is 5.41 Å². The molecule has 2 atom stereocenters. The Bertz CT molecular complexity index is 3110. The van der Waals surface area contributed by atoms with Crippen molar-refractivity contribution in [1.29, 1.82) is 0 Å². The molecule has 0 N–H and O–H groups in total. The van der Waals surface area contributed by atoms with E-state index in [1.807, 2.05) is 11.3 Å². The molecule has 0 radical (unpaired) electrons. The molecule has 0 fully saturated rings. The van der Waals surface area contributed by atoms with Gasteiger partial charge in [-0.2, -0.15) is 0 Å². The van der Waals surface area contributed by atoms with Crippen molar-refractivity contribution in [1.82, 2.24) is 0 Å². The van der Waals surface area contributed by atoms with Gasteiger partial charge in [-0.25, -0.2) is 0 Å². The summed E-state index contributed by atoms with van der Waals surface area (Å²) in [5.41, 5.74) is 17.4. The number of thiophene rings is 1. The molecule has 8 aromatic carbocycles. The number of allylic oxidation sites excluding steroid dienone is 4. The number of hydrogen-bond donors (Lipinski definition) is 0. The van der Waals surface area contributed by atoms with Crippen molar-refractivity contribution < 1.29 is 0 Å². The predicted octanol–water partition coefficient (Wildman–Crippen LogP) is 16.0. The van der Waals surface area contributed by atoms with Gasteiger partial charge in [-0.1, -0.05) is 177 Å². The maximum absolute atomic E-state index is 2.50. The average Bonchev–Trinajstić information content (AvgIpc) is 3.80. The lowest BCUT2D eigenvalue weighted by Crippen LogP contribution is -2.22. The molecule has 9 aromatic rings. The molecule has 11 rings (SSSR count). The van der Waals surface area contributed by atoms with Crippen LogP contribution in [0.4, 0.5) is 17.1 Å². The third kappa shape index (κ3) is 5.81. The minimum Gasteiger partial charge on any atom is -0.310 e. The summed E-state index contributed by atoms with van der Waals surface area (Å²) in [5, 5.41) is 2.61. The van der Waals surface area contributed by atoms with Crippen LogP contribution in [0, 0.1) is 5.92 Å². The van der Waals surface area contributed by atoms with Gasteiger partial charge in [0, 0.05) is 42.5 Å². The first-order valence-corrected chi connectivity index (χ1v) is 21.5. The molecule has 1 aromatic heterocycles. The van der Waals surface area contributed by atoms with Gasteiger partial charge >= 0.3 is 0 Å². The Balaban J connectivity index is 1.14. The SMILES string of the molecule is CC1C=CC(c2ccccc2-c2ccccc2N(c2ccc3c(c2)-c2ccccc2C3(C)c2ccccc2)c2ccc3c(c2)sc2ccccc23)=C(c2ccccc2)C1. The van der Waals surface area contributed by atoms with Gasteiger partial charge in [0.2, 0.25) is 0 Å². The van der Waals surface area contributed by atoms with E-state index in [4.69, 9.17) is 0 Å². The second-order valence-electron chi connectivity index (χ2n) is 16.2. The monoisotopic (exact) mass is 773 g/mol. The Kier molecular flexibility index (Phi) is 8.57. The zero-order chi connectivity index (χ0) is 39.5. The lowest BCUT2D eigenvalue weighted by molar-refractivity contribution is 0.714. The molecule has 0 bridgehead atoms. The van der Waals surface area contributed by atoms with Crippen LogP contribution in [-0.4, -0.2) is 0 Å². The highest BCUT2D eigenvalue weighted by atomic mass is 32.1. The van der Waals surface area contributed by atoms with Crippen LogP contribution >= 0.6 is 11.3 Å². The first-order chi connectivity index (χ1) is 29.1. The molecule has 59 heavy (non-hydrogen) atoms. The number of para-hydroxylation sites is 1. The summed E-state index contributed by atoms with van der Waals surface area (Å²) >= 11 is 1.87. The van der Waals surface area contributed by atoms with Gasteiger partial charge in [-0.3, -0.25) is 0 Å². The van der Waals surface area contributed by atoms with Crippen molar-refractivity contribution in [2.24, 2.45) is 5.92 Å². The summed E-state index contributed by atoms with van der Waals surface area (Å²) in [7, 11) is 0. The predicted molar refractivity (Wildman–Crippen MR) is 253 cm³/mol. The van der Waals surface area contributed by atoms with Crippen LogP contribution in [0.15, 0.2) is 206 Å². The molecule has 282 valence electrons. The highest BCUT2D eigenvalue weighted by Crippen LogP contribution is 2.54. The largest absolute Gasteiger partial charge is 0.310 e. The van der Waals surface area contributed by atoms with Gasteiger partial charge < -0.3 is 4.90 Å². The van der Waals surface area contributed by atoms with Crippen LogP contribution in [0.1, 0.15) is 48.1 Å². The van der Waals surface area contributed by atoms with E-state index in [2.05, 4.69) is 225 Å². The van der Waals surface area contributed by atoms with Gasteiger partial charge in [0.25, 0.3) is 0 Å². The highest BCUT2D eigenvalue weighted by Gasteiger charge is 2.41. The van der Waals surface area contributed by atoms with Crippen molar-refractivity contribution >= 4 is 59.7 Å². The minimum absolute atomic E-state index is 0.265. The molecule has 0 saturated heterocycles. The summed E-state index contributed by atoms with van der Waals surface area (Å²) in [5.74, 6) is 0.474. The molecule has 2 aliphatic rings. The van der Waals surface area contributed by atoms with Crippen LogP contribution < -0.4 is 4.90 Å². The normalized spacial score (nSPS) is 17.0. The Morgan fingerprint density at radius 1 is 0.508 bits per heavy atom. The third-order valence-corrected chi connectivity index (χ3v) is 13.9. The van der Waals surface area contributed by atoms with E-state index in [0.29, 0.717) is 5.92 Å². The topological polar surface area (TPSA) is 3.24 Å². The van der Waals surface area contributed by atoms with Gasteiger partial charge in [-0.05, 0) is 111 Å². The van der Waals surface area contributed by atoms with Crippen LogP contribution in [0.25, 0.3) is 53.6 Å². The fourth-order valence-corrected chi connectivity index (χ4v) is 11.0. The summed E-state index contributed by atoms with van der Waals surface area (Å²) in [6.07, 6.45) is 5.75. The molecule has 2 unspecified atom stereocenters. The first-order valence-electron chi connectivity index (χ1n) is 20.7. The Hall–Kier alpha value is -6.74. The molecule has 0 amide bonds. The molecule has 2 aliphatic carbocycles. The quantitative estimate of drug-likeness (QED) is 0.156. The maximum atomic E-state index is 2.50. The summed E-state index contributed by atoms with van der Waals surface area (Å²) in [6.45, 7) is 4.71. The number of nitrogens with zero attached hydrogens (tertiary/aromatic N) is 1. The van der Waals surface area contributed by atoms with E-state index in [1.54, 1.807) is 0 Å². The van der Waals surface area contributed by atoms with Crippen LogP contribution in [0.3, 0.4) is 0 Å². The highest BCUT2D eigenvalue weighted by molar-refractivity contribution is 7.25. The lowest BCUT2D eigenvalue weighted by Gasteiger charge is -2.31. The fraction of sp³-hybridized carbons (Fsp3) is 0.0877. The van der Waals surface area contributed by atoms with Crippen molar-refractivity contribution in [3.8, 4) is 22.3 Å². The molecule has 0 saturated carbocycles. The van der Waals surface area contributed by atoms with E-state index >= 15 is 0 Å². The molecule has 2 heteroatoms. The zero-order valence-electron chi connectivity index (χ0n) is 33.3. The minimum atomic E-state index is -0.265. The number of fused-ring (bicyclic) bond motifs is 6. The van der Waals surface area contributed by atoms with Gasteiger partial charge in [0.05, 0.1) is 5.69 Å². The van der Waals surface area contributed by atoms with E-state index in [0.717, 1.165) is 23.5 Å². The van der Waals surface area contributed by atoms with E-state index < -0.39 is 0 Å². The Labute approximate surface area is 350 Å². The van der Waals surface area contributed by atoms with Gasteiger partial charge in [-0.15, -0.1) is 11.3 Å². The number of benzene rings is 8. The summed E-state index contributed by atoms with van der Waals surface area (Å²) < 4.78 is 2.60. The van der Waals surface area contributed by atoms with Gasteiger partial charge in [0.1, 0.15) is 0 Å². The molecule has 0 aliphatic heterocycles. The lowest BCUT2D eigenvalue weighted by atomic mass is 9.74. The molecule has 1 nitrogen and oxygen atoms in total. The average molecular weight is 774 g/mol. The molecule has 1 heterocycles. The Morgan fingerprint density at radius 2 is 1.12 bits per heavy atom. The van der Waals surface area contributed by atoms with Crippen molar-refractivity contribution in [3.05, 3.63) is 234 Å². The number of rotatable bonds is 7. The van der Waals surface area contributed by atoms with Crippen LogP contribution in [0.5, 0.6) is 0 Å². The fourth-order valence-electron chi connectivity index (χ4n) is 9.87. The summed E-state index contributed by atoms with van der Waals surface area (Å²) in [4.78, 5) is 2.50. The van der Waals surface area contributed by atoms with Gasteiger partial charge in [0.15, 0.2) is 0 Å². The zero-order valence-corrected chi connectivity index (χ0v) is 34.1. The summed E-state index contributed by atoms with van der Waals surface area (Å²) in [6, 6.07) is 72.0. The number of hydrogen-bond acceptors (Lipinski definition) is 2. The smallest absolute Gasteiger partial charge is 0.0540 e. The maximum Gasteiger partial charge on any atom is 0.0540 e. The second-order valence-corrected chi connectivity index (χ2v) is 17.3. The number of anilines is 3. The van der Waals surface area contributed by atoms with Crippen molar-refractivity contribution in [3.63, 3.8) is 0 Å². The molecular formula is C57H43NS. The van der Waals surface area contributed by atoms with E-state index in [9.17, 15) is 0 Å². The molecule has 0 spiro atoms. The first kappa shape index (κ1) is 35.4. The standard InChI is InChI=1S/C57H43NS/c1-38-29-32-45(50(35-38)39-17-5-3-6-18-39)43-21-9-10-22-44(43)47-24-12-15-27-54(47)58(42-30-33-49-48-25-13-16-28-55(48)59-56(49)37-42)41-31-34-53-51(36-41)46-23-11-14-26-52(46)57(53,2)40-19-7-4-8-20-40/h3-34,36-38H,35H2,1-2H3. The molecular weight excluding hydrogens is 731 g/mol. The van der Waals surface area contributed by atoms with Crippen LogP contribution in [0.2, 0.25) is 0 Å². The Morgan fingerprint density at radius 3 is 1.95 bits per heavy atom. The third-order valence-electron chi connectivity index (χ3n) is 12.7. The van der Waals surface area contributed by atoms with Crippen molar-refractivity contribution in [2.75, 3.05) is 4.90 Å². The van der Waals surface area contributed by atoms with Crippen molar-refractivity contribution in [2.45, 2.75) is 25.7 Å². The van der Waals surface area contributed by atoms with Crippen LogP contribution in [-0.2, 0) is 5.41 Å². The van der Waals surface area contributed by atoms with E-state index in [1.165, 1.54) is 81.4 Å². The second kappa shape index (κ2) is 14.3.